The summed E-state index contributed by atoms with van der Waals surface area (Å²) >= 11 is 0. The van der Waals surface area contributed by atoms with Gasteiger partial charge >= 0.3 is 0 Å². The molecule has 0 amide bonds. The van der Waals surface area contributed by atoms with Gasteiger partial charge in [0.05, 0.1) is 4.92 Å². The van der Waals surface area contributed by atoms with Crippen molar-refractivity contribution >= 4 is 22.8 Å². The molecule has 0 radical (unpaired) electrons. The highest BCUT2D eigenvalue weighted by atomic mass is 16.6. The standard InChI is InChI=1S/C13H15N3O3/c1-8(9-3-2-4-9)14-13-15-11-7-10(16(17)18)5-6-12(11)19-13/h5-9H,2-4H2,1H3,(H,14,15). The second kappa shape index (κ2) is 4.53. The minimum absolute atomic E-state index is 0.0272. The monoisotopic (exact) mass is 261 g/mol. The number of oxazole rings is 1. The molecule has 0 saturated heterocycles. The molecule has 1 unspecified atom stereocenters. The number of nitro groups is 1. The first-order chi connectivity index (χ1) is 9.13. The highest BCUT2D eigenvalue weighted by Gasteiger charge is 2.25. The lowest BCUT2D eigenvalue weighted by atomic mass is 9.80. The van der Waals surface area contributed by atoms with Crippen molar-refractivity contribution in [1.82, 2.24) is 4.98 Å². The van der Waals surface area contributed by atoms with Gasteiger partial charge in [-0.2, -0.15) is 4.98 Å². The molecule has 1 heterocycles. The highest BCUT2D eigenvalue weighted by Crippen LogP contribution is 2.31. The lowest BCUT2D eigenvalue weighted by Gasteiger charge is -2.31. The maximum Gasteiger partial charge on any atom is 0.295 e. The Morgan fingerprint density at radius 1 is 1.53 bits per heavy atom. The smallest absolute Gasteiger partial charge is 0.295 e. The van der Waals surface area contributed by atoms with E-state index < -0.39 is 4.92 Å². The van der Waals surface area contributed by atoms with Gasteiger partial charge in [-0.1, -0.05) is 6.42 Å². The van der Waals surface area contributed by atoms with Gasteiger partial charge in [0.1, 0.15) is 5.52 Å². The maximum absolute atomic E-state index is 10.7. The van der Waals surface area contributed by atoms with E-state index in [2.05, 4.69) is 17.2 Å². The van der Waals surface area contributed by atoms with Crippen LogP contribution < -0.4 is 5.32 Å². The number of nitrogens with one attached hydrogen (secondary N) is 1. The van der Waals surface area contributed by atoms with Crippen LogP contribution in [0.1, 0.15) is 26.2 Å². The van der Waals surface area contributed by atoms with Crippen LogP contribution in [0.5, 0.6) is 0 Å². The topological polar surface area (TPSA) is 81.2 Å². The fourth-order valence-electron chi connectivity index (χ4n) is 2.34. The van der Waals surface area contributed by atoms with Crippen LogP contribution in [0.4, 0.5) is 11.7 Å². The molecule has 100 valence electrons. The summed E-state index contributed by atoms with van der Waals surface area (Å²) < 4.78 is 5.55. The van der Waals surface area contributed by atoms with Gasteiger partial charge in [0, 0.05) is 18.2 Å². The summed E-state index contributed by atoms with van der Waals surface area (Å²) in [6.07, 6.45) is 3.76. The Hall–Kier alpha value is -2.11. The minimum Gasteiger partial charge on any atom is -0.424 e. The molecule has 6 nitrogen and oxygen atoms in total. The quantitative estimate of drug-likeness (QED) is 0.674. The van der Waals surface area contributed by atoms with Crippen LogP contribution in [-0.4, -0.2) is 15.9 Å². The summed E-state index contributed by atoms with van der Waals surface area (Å²) in [5.41, 5.74) is 1.10. The Balaban J connectivity index is 1.82. The molecule has 0 bridgehead atoms. The van der Waals surface area contributed by atoms with E-state index in [1.165, 1.54) is 31.4 Å². The molecule has 2 aromatic rings. The molecular formula is C13H15N3O3. The van der Waals surface area contributed by atoms with Crippen molar-refractivity contribution in [2.24, 2.45) is 5.92 Å². The van der Waals surface area contributed by atoms with Crippen LogP contribution in [-0.2, 0) is 0 Å². The van der Waals surface area contributed by atoms with Crippen molar-refractivity contribution in [1.29, 1.82) is 0 Å². The van der Waals surface area contributed by atoms with Gasteiger partial charge in [0.2, 0.25) is 0 Å². The molecule has 1 atom stereocenters. The number of anilines is 1. The third-order valence-corrected chi connectivity index (χ3v) is 3.79. The van der Waals surface area contributed by atoms with E-state index in [1.54, 1.807) is 6.07 Å². The van der Waals surface area contributed by atoms with Crippen molar-refractivity contribution in [2.75, 3.05) is 5.32 Å². The molecule has 1 fully saturated rings. The number of rotatable bonds is 4. The molecule has 0 spiro atoms. The predicted octanol–water partition coefficient (Wildman–Crippen LogP) is 3.34. The fraction of sp³-hybridized carbons (Fsp3) is 0.462. The molecule has 6 heteroatoms. The van der Waals surface area contributed by atoms with Gasteiger partial charge in [-0.05, 0) is 31.7 Å². The number of hydrogen-bond acceptors (Lipinski definition) is 5. The first-order valence-electron chi connectivity index (χ1n) is 6.45. The largest absolute Gasteiger partial charge is 0.424 e. The third kappa shape index (κ3) is 2.25. The fourth-order valence-corrected chi connectivity index (χ4v) is 2.34. The number of benzene rings is 1. The van der Waals surface area contributed by atoms with Gasteiger partial charge in [0.25, 0.3) is 11.7 Å². The van der Waals surface area contributed by atoms with Crippen molar-refractivity contribution in [3.8, 4) is 0 Å². The molecule has 1 aromatic heterocycles. The first kappa shape index (κ1) is 12.0. The zero-order chi connectivity index (χ0) is 13.4. The lowest BCUT2D eigenvalue weighted by Crippen LogP contribution is -2.30. The number of fused-ring (bicyclic) bond motifs is 1. The Bertz CT molecular complexity index is 619. The van der Waals surface area contributed by atoms with E-state index in [-0.39, 0.29) is 5.69 Å². The highest BCUT2D eigenvalue weighted by molar-refractivity contribution is 5.77. The summed E-state index contributed by atoms with van der Waals surface area (Å²) in [6.45, 7) is 2.11. The van der Waals surface area contributed by atoms with E-state index in [0.29, 0.717) is 29.1 Å². The van der Waals surface area contributed by atoms with Gasteiger partial charge in [-0.15, -0.1) is 0 Å². The molecule has 19 heavy (non-hydrogen) atoms. The first-order valence-corrected chi connectivity index (χ1v) is 6.45. The average Bonchev–Trinajstić information content (AvgIpc) is 2.66. The summed E-state index contributed by atoms with van der Waals surface area (Å²) in [4.78, 5) is 14.5. The van der Waals surface area contributed by atoms with Gasteiger partial charge in [-0.25, -0.2) is 0 Å². The van der Waals surface area contributed by atoms with E-state index in [9.17, 15) is 10.1 Å². The van der Waals surface area contributed by atoms with Crippen LogP contribution in [0.2, 0.25) is 0 Å². The van der Waals surface area contributed by atoms with E-state index in [0.717, 1.165) is 0 Å². The summed E-state index contributed by atoms with van der Waals surface area (Å²) in [6, 6.07) is 5.19. The molecule has 1 N–H and O–H groups in total. The van der Waals surface area contributed by atoms with Crippen LogP contribution in [0.15, 0.2) is 22.6 Å². The van der Waals surface area contributed by atoms with Gasteiger partial charge < -0.3 is 9.73 Å². The van der Waals surface area contributed by atoms with Crippen molar-refractivity contribution in [3.05, 3.63) is 28.3 Å². The van der Waals surface area contributed by atoms with E-state index in [4.69, 9.17) is 4.42 Å². The number of nitro benzene ring substituents is 1. The molecule has 1 aliphatic carbocycles. The van der Waals surface area contributed by atoms with Gasteiger partial charge in [-0.3, -0.25) is 10.1 Å². The molecule has 3 rings (SSSR count). The SMILES string of the molecule is CC(Nc1nc2cc([N+](=O)[O-])ccc2o1)C1CCC1. The van der Waals surface area contributed by atoms with Crippen LogP contribution in [0, 0.1) is 16.0 Å². The lowest BCUT2D eigenvalue weighted by molar-refractivity contribution is -0.384. The molecule has 1 aromatic carbocycles. The van der Waals surface area contributed by atoms with Crippen molar-refractivity contribution in [2.45, 2.75) is 32.2 Å². The predicted molar refractivity (Wildman–Crippen MR) is 71.1 cm³/mol. The third-order valence-electron chi connectivity index (χ3n) is 3.79. The number of aromatic nitrogens is 1. The van der Waals surface area contributed by atoms with E-state index in [1.807, 2.05) is 0 Å². The number of nitrogens with zero attached hydrogens (tertiary/aromatic N) is 2. The van der Waals surface area contributed by atoms with Crippen molar-refractivity contribution in [3.63, 3.8) is 0 Å². The molecule has 0 aliphatic heterocycles. The molecular weight excluding hydrogens is 246 g/mol. The van der Waals surface area contributed by atoms with Crippen LogP contribution >= 0.6 is 0 Å². The van der Waals surface area contributed by atoms with Crippen molar-refractivity contribution < 1.29 is 9.34 Å². The van der Waals surface area contributed by atoms with Gasteiger partial charge in [0.15, 0.2) is 5.58 Å². The minimum atomic E-state index is -0.432. The summed E-state index contributed by atoms with van der Waals surface area (Å²) in [7, 11) is 0. The summed E-state index contributed by atoms with van der Waals surface area (Å²) in [5, 5.41) is 13.9. The van der Waals surface area contributed by atoms with E-state index >= 15 is 0 Å². The Morgan fingerprint density at radius 2 is 2.32 bits per heavy atom. The second-order valence-electron chi connectivity index (χ2n) is 5.05. The maximum atomic E-state index is 10.7. The zero-order valence-electron chi connectivity index (χ0n) is 10.6. The number of non-ortho nitro benzene ring substituents is 1. The Kier molecular flexibility index (Phi) is 2.85. The van der Waals surface area contributed by atoms with Crippen LogP contribution in [0.25, 0.3) is 11.1 Å². The van der Waals surface area contributed by atoms with Crippen LogP contribution in [0.3, 0.4) is 0 Å². The second-order valence-corrected chi connectivity index (χ2v) is 5.05. The molecule has 1 aliphatic rings. The zero-order valence-corrected chi connectivity index (χ0v) is 10.6. The Morgan fingerprint density at radius 3 is 2.95 bits per heavy atom. The molecule has 1 saturated carbocycles. The average molecular weight is 261 g/mol. The summed E-state index contributed by atoms with van der Waals surface area (Å²) in [5.74, 6) is 0.671. The number of hydrogen-bond donors (Lipinski definition) is 1. The Labute approximate surface area is 110 Å². The normalized spacial score (nSPS) is 17.1.